The summed E-state index contributed by atoms with van der Waals surface area (Å²) < 4.78 is 0. The van der Waals surface area contributed by atoms with Crippen molar-refractivity contribution in [2.75, 3.05) is 0 Å². The quantitative estimate of drug-likeness (QED) is 0.533. The van der Waals surface area contributed by atoms with E-state index in [0.717, 1.165) is 5.92 Å². The van der Waals surface area contributed by atoms with Crippen LogP contribution in [0.15, 0.2) is 23.3 Å². The first-order chi connectivity index (χ1) is 6.36. The van der Waals surface area contributed by atoms with Gasteiger partial charge in [-0.25, -0.2) is 0 Å². The maximum absolute atomic E-state index is 2.52. The van der Waals surface area contributed by atoms with Crippen LogP contribution in [0.25, 0.3) is 0 Å². The molecule has 78 valence electrons. The molecule has 0 radical (unpaired) electrons. The van der Waals surface area contributed by atoms with Gasteiger partial charge in [-0.2, -0.15) is 0 Å². The SMILES string of the molecule is CC1C(C)(C)C=C2CCC=C2C1(C)C. The molecule has 0 saturated carbocycles. The van der Waals surface area contributed by atoms with E-state index in [1.165, 1.54) is 12.8 Å². The normalized spacial score (nSPS) is 33.4. The number of fused-ring (bicyclic) bond motifs is 1. The second kappa shape index (κ2) is 2.74. The summed E-state index contributed by atoms with van der Waals surface area (Å²) in [6, 6.07) is 0. The van der Waals surface area contributed by atoms with E-state index in [-0.39, 0.29) is 0 Å². The average Bonchev–Trinajstić information content (AvgIpc) is 2.49. The fourth-order valence-corrected chi connectivity index (χ4v) is 3.20. The Morgan fingerprint density at radius 3 is 2.50 bits per heavy atom. The van der Waals surface area contributed by atoms with E-state index >= 15 is 0 Å². The molecule has 0 saturated heterocycles. The van der Waals surface area contributed by atoms with Crippen LogP contribution in [0.2, 0.25) is 0 Å². The van der Waals surface area contributed by atoms with E-state index in [0.29, 0.717) is 10.8 Å². The van der Waals surface area contributed by atoms with Gasteiger partial charge in [0.1, 0.15) is 0 Å². The first-order valence-electron chi connectivity index (χ1n) is 5.78. The molecule has 0 aromatic rings. The molecule has 0 nitrogen and oxygen atoms in total. The summed E-state index contributed by atoms with van der Waals surface area (Å²) in [6.07, 6.45) is 7.50. The number of allylic oxidation sites excluding steroid dienone is 4. The second-order valence-corrected chi connectivity index (χ2v) is 6.09. The third-order valence-electron chi connectivity index (χ3n) is 4.55. The molecule has 0 N–H and O–H groups in total. The molecule has 1 unspecified atom stereocenters. The Labute approximate surface area is 88.1 Å². The average molecular weight is 190 g/mol. The molecule has 0 aromatic carbocycles. The summed E-state index contributed by atoms with van der Waals surface area (Å²) >= 11 is 0. The van der Waals surface area contributed by atoms with E-state index in [9.17, 15) is 0 Å². The summed E-state index contributed by atoms with van der Waals surface area (Å²) in [5, 5.41) is 0. The standard InChI is InChI=1S/C14H22/c1-10-13(2,3)9-11-7-6-8-12(11)14(10,4)5/h8-10H,6-7H2,1-5H3. The monoisotopic (exact) mass is 190 g/mol. The molecule has 0 amide bonds. The van der Waals surface area contributed by atoms with Gasteiger partial charge in [-0.15, -0.1) is 0 Å². The second-order valence-electron chi connectivity index (χ2n) is 6.09. The molecule has 2 aliphatic rings. The van der Waals surface area contributed by atoms with Crippen molar-refractivity contribution in [1.82, 2.24) is 0 Å². The Bertz CT molecular complexity index is 313. The molecule has 2 rings (SSSR count). The lowest BCUT2D eigenvalue weighted by molar-refractivity contribution is 0.150. The third kappa shape index (κ3) is 1.20. The number of rotatable bonds is 0. The minimum Gasteiger partial charge on any atom is -0.0802 e. The van der Waals surface area contributed by atoms with Gasteiger partial charge in [0.25, 0.3) is 0 Å². The summed E-state index contributed by atoms with van der Waals surface area (Å²) in [5.74, 6) is 0.725. The van der Waals surface area contributed by atoms with Gasteiger partial charge in [0.2, 0.25) is 0 Å². The van der Waals surface area contributed by atoms with Crippen molar-refractivity contribution in [3.63, 3.8) is 0 Å². The van der Waals surface area contributed by atoms with Crippen LogP contribution in [0.5, 0.6) is 0 Å². The van der Waals surface area contributed by atoms with Gasteiger partial charge >= 0.3 is 0 Å². The molecular weight excluding hydrogens is 168 g/mol. The fraction of sp³-hybridized carbons (Fsp3) is 0.714. The fourth-order valence-electron chi connectivity index (χ4n) is 3.20. The first kappa shape index (κ1) is 10.0. The van der Waals surface area contributed by atoms with Gasteiger partial charge < -0.3 is 0 Å². The molecule has 0 fully saturated rings. The predicted molar refractivity (Wildman–Crippen MR) is 62.1 cm³/mol. The molecule has 14 heavy (non-hydrogen) atoms. The summed E-state index contributed by atoms with van der Waals surface area (Å²) in [6.45, 7) is 12.0. The minimum absolute atomic E-state index is 0.362. The van der Waals surface area contributed by atoms with Crippen LogP contribution in [0.4, 0.5) is 0 Å². The maximum Gasteiger partial charge on any atom is -0.00704 e. The highest BCUT2D eigenvalue weighted by atomic mass is 14.5. The van der Waals surface area contributed by atoms with Gasteiger partial charge in [0.15, 0.2) is 0 Å². The predicted octanol–water partition coefficient (Wildman–Crippen LogP) is 4.34. The van der Waals surface area contributed by atoms with Crippen molar-refractivity contribution >= 4 is 0 Å². The Hall–Kier alpha value is -0.520. The Kier molecular flexibility index (Phi) is 1.96. The first-order valence-corrected chi connectivity index (χ1v) is 5.78. The smallest absolute Gasteiger partial charge is 0.00704 e. The van der Waals surface area contributed by atoms with Crippen LogP contribution in [0.1, 0.15) is 47.5 Å². The van der Waals surface area contributed by atoms with Crippen molar-refractivity contribution < 1.29 is 0 Å². The van der Waals surface area contributed by atoms with Crippen molar-refractivity contribution in [2.24, 2.45) is 16.7 Å². The van der Waals surface area contributed by atoms with E-state index in [1.54, 1.807) is 11.1 Å². The number of hydrogen-bond acceptors (Lipinski definition) is 0. The summed E-state index contributed by atoms with van der Waals surface area (Å²) in [4.78, 5) is 0. The molecule has 0 spiro atoms. The summed E-state index contributed by atoms with van der Waals surface area (Å²) in [7, 11) is 0. The lowest BCUT2D eigenvalue weighted by Crippen LogP contribution is -2.38. The Morgan fingerprint density at radius 2 is 1.86 bits per heavy atom. The largest absolute Gasteiger partial charge is 0.0802 e. The molecular formula is C14H22. The van der Waals surface area contributed by atoms with E-state index in [4.69, 9.17) is 0 Å². The highest BCUT2D eigenvalue weighted by molar-refractivity contribution is 5.44. The van der Waals surface area contributed by atoms with Crippen LogP contribution >= 0.6 is 0 Å². The zero-order valence-corrected chi connectivity index (χ0v) is 10.1. The van der Waals surface area contributed by atoms with Crippen LogP contribution in [0, 0.1) is 16.7 Å². The van der Waals surface area contributed by atoms with Crippen molar-refractivity contribution in [1.29, 1.82) is 0 Å². The van der Waals surface area contributed by atoms with Crippen molar-refractivity contribution in [2.45, 2.75) is 47.5 Å². The molecule has 2 aliphatic carbocycles. The lowest BCUT2D eigenvalue weighted by atomic mass is 9.58. The molecule has 0 heteroatoms. The van der Waals surface area contributed by atoms with E-state index in [2.05, 4.69) is 46.8 Å². The van der Waals surface area contributed by atoms with Gasteiger partial charge in [0.05, 0.1) is 0 Å². The molecule has 0 aliphatic heterocycles. The van der Waals surface area contributed by atoms with Crippen LogP contribution in [0.3, 0.4) is 0 Å². The van der Waals surface area contributed by atoms with E-state index in [1.807, 2.05) is 0 Å². The molecule has 1 atom stereocenters. The van der Waals surface area contributed by atoms with Crippen LogP contribution in [-0.4, -0.2) is 0 Å². The topological polar surface area (TPSA) is 0 Å². The minimum atomic E-state index is 0.362. The van der Waals surface area contributed by atoms with Crippen molar-refractivity contribution in [3.05, 3.63) is 23.3 Å². The molecule has 0 heterocycles. The summed E-state index contributed by atoms with van der Waals surface area (Å²) in [5.41, 5.74) is 3.98. The van der Waals surface area contributed by atoms with Crippen LogP contribution < -0.4 is 0 Å². The van der Waals surface area contributed by atoms with E-state index < -0.39 is 0 Å². The molecule has 0 bridgehead atoms. The van der Waals surface area contributed by atoms with Gasteiger partial charge in [-0.05, 0) is 40.7 Å². The third-order valence-corrected chi connectivity index (χ3v) is 4.55. The zero-order valence-electron chi connectivity index (χ0n) is 10.1. The Morgan fingerprint density at radius 1 is 1.21 bits per heavy atom. The van der Waals surface area contributed by atoms with Gasteiger partial charge in [-0.3, -0.25) is 0 Å². The maximum atomic E-state index is 2.52. The van der Waals surface area contributed by atoms with Gasteiger partial charge in [-0.1, -0.05) is 46.8 Å². The zero-order chi connectivity index (χ0) is 10.6. The number of hydrogen-bond donors (Lipinski definition) is 0. The van der Waals surface area contributed by atoms with Crippen LogP contribution in [-0.2, 0) is 0 Å². The van der Waals surface area contributed by atoms with Gasteiger partial charge in [0, 0.05) is 0 Å². The highest BCUT2D eigenvalue weighted by Crippen LogP contribution is 2.54. The lowest BCUT2D eigenvalue weighted by Gasteiger charge is -2.47. The Balaban J connectivity index is 2.54. The molecule has 0 aromatic heterocycles. The van der Waals surface area contributed by atoms with Crippen molar-refractivity contribution in [3.8, 4) is 0 Å². The highest BCUT2D eigenvalue weighted by Gasteiger charge is 2.44.